The van der Waals surface area contributed by atoms with Gasteiger partial charge in [0.2, 0.25) is 0 Å². The van der Waals surface area contributed by atoms with Crippen LogP contribution >= 0.6 is 0 Å². The van der Waals surface area contributed by atoms with Crippen LogP contribution in [0.4, 0.5) is 5.82 Å². The molecule has 2 heterocycles. The Morgan fingerprint density at radius 2 is 1.79 bits per heavy atom. The minimum absolute atomic E-state index is 0.903. The van der Waals surface area contributed by atoms with Gasteiger partial charge in [0.15, 0.2) is 5.82 Å². The summed E-state index contributed by atoms with van der Waals surface area (Å²) < 4.78 is 0. The maximum atomic E-state index is 4.26. The van der Waals surface area contributed by atoms with Crippen molar-refractivity contribution in [2.75, 3.05) is 0 Å². The molecule has 2 nitrogen and oxygen atoms in total. The Kier molecular flexibility index (Phi) is 6.63. The molecule has 0 aromatic carbocycles. The molecule has 0 N–H and O–H groups in total. The molecule has 0 radical (unpaired) electrons. The predicted octanol–water partition coefficient (Wildman–Crippen LogP) is 3.78. The largest absolute Gasteiger partial charge is 0.238 e. The molecular weight excluding hydrogens is 172 g/mol. The molecule has 0 fully saturated rings. The molecule has 0 aliphatic carbocycles. The minimum atomic E-state index is 0.903. The van der Waals surface area contributed by atoms with Gasteiger partial charge in [0, 0.05) is 23.9 Å². The van der Waals surface area contributed by atoms with Crippen LogP contribution in [0.3, 0.4) is 0 Å². The summed E-state index contributed by atoms with van der Waals surface area (Å²) in [7, 11) is 0. The van der Waals surface area contributed by atoms with Crippen molar-refractivity contribution in [3.8, 4) is 0 Å². The number of aliphatic imine (C=N–C) groups is 1. The van der Waals surface area contributed by atoms with Crippen molar-refractivity contribution in [2.24, 2.45) is 4.99 Å². The average molecular weight is 192 g/mol. The second-order valence-electron chi connectivity index (χ2n) is 2.51. The van der Waals surface area contributed by atoms with Crippen molar-refractivity contribution in [3.63, 3.8) is 0 Å². The molecule has 0 bridgehead atoms. The second-order valence-corrected chi connectivity index (χ2v) is 2.51. The Bertz CT molecular complexity index is 290. The van der Waals surface area contributed by atoms with E-state index in [-0.39, 0.29) is 0 Å². The lowest BCUT2D eigenvalue weighted by Gasteiger charge is -1.90. The van der Waals surface area contributed by atoms with Crippen LogP contribution in [0, 0.1) is 0 Å². The Hall–Kier alpha value is -1.18. The third-order valence-electron chi connectivity index (χ3n) is 1.61. The van der Waals surface area contributed by atoms with Gasteiger partial charge in [0.25, 0.3) is 0 Å². The maximum absolute atomic E-state index is 4.26. The first-order valence-corrected chi connectivity index (χ1v) is 5.34. The van der Waals surface area contributed by atoms with E-state index in [0.29, 0.717) is 0 Å². The maximum Gasteiger partial charge on any atom is 0.155 e. The van der Waals surface area contributed by atoms with E-state index >= 15 is 0 Å². The smallest absolute Gasteiger partial charge is 0.155 e. The van der Waals surface area contributed by atoms with Crippen molar-refractivity contribution in [1.29, 1.82) is 0 Å². The topological polar surface area (TPSA) is 25.2 Å². The molecule has 1 aromatic rings. The van der Waals surface area contributed by atoms with Gasteiger partial charge in [-0.3, -0.25) is 0 Å². The van der Waals surface area contributed by atoms with Crippen LogP contribution < -0.4 is 0 Å². The molecule has 0 unspecified atom stereocenters. The van der Waals surface area contributed by atoms with Gasteiger partial charge in [-0.05, 0) is 13.0 Å². The van der Waals surface area contributed by atoms with E-state index in [1.807, 2.05) is 40.7 Å². The molecule has 0 atom stereocenters. The SMILES string of the molecule is CC.CC.CC1=Nc2ncccc2C1. The van der Waals surface area contributed by atoms with E-state index in [2.05, 4.69) is 16.0 Å². The number of nitrogens with zero attached hydrogens (tertiary/aromatic N) is 2. The Morgan fingerprint density at radius 1 is 1.14 bits per heavy atom. The Morgan fingerprint density at radius 3 is 2.36 bits per heavy atom. The number of rotatable bonds is 0. The monoisotopic (exact) mass is 192 g/mol. The van der Waals surface area contributed by atoms with Crippen molar-refractivity contribution in [1.82, 2.24) is 4.98 Å². The lowest BCUT2D eigenvalue weighted by atomic mass is 10.2. The summed E-state index contributed by atoms with van der Waals surface area (Å²) in [5.74, 6) is 0.903. The molecular formula is C12H20N2. The fraction of sp³-hybridized carbons (Fsp3) is 0.500. The van der Waals surface area contributed by atoms with Gasteiger partial charge in [0.05, 0.1) is 0 Å². The lowest BCUT2D eigenvalue weighted by molar-refractivity contribution is 1.25. The van der Waals surface area contributed by atoms with Crippen LogP contribution in [-0.2, 0) is 6.42 Å². The summed E-state index contributed by atoms with van der Waals surface area (Å²) in [5, 5.41) is 0. The van der Waals surface area contributed by atoms with Gasteiger partial charge in [-0.15, -0.1) is 0 Å². The van der Waals surface area contributed by atoms with Gasteiger partial charge in [0.1, 0.15) is 0 Å². The Balaban J connectivity index is 0.000000379. The number of aromatic nitrogens is 1. The molecule has 1 aromatic heterocycles. The van der Waals surface area contributed by atoms with E-state index in [4.69, 9.17) is 0 Å². The molecule has 0 spiro atoms. The van der Waals surface area contributed by atoms with E-state index in [1.54, 1.807) is 6.20 Å². The second kappa shape index (κ2) is 7.25. The normalized spacial score (nSPS) is 11.4. The highest BCUT2D eigenvalue weighted by molar-refractivity contribution is 5.90. The van der Waals surface area contributed by atoms with Crippen molar-refractivity contribution < 1.29 is 0 Å². The van der Waals surface area contributed by atoms with Gasteiger partial charge in [-0.1, -0.05) is 33.8 Å². The average Bonchev–Trinajstić information content (AvgIpc) is 2.64. The van der Waals surface area contributed by atoms with E-state index in [9.17, 15) is 0 Å². The van der Waals surface area contributed by atoms with Gasteiger partial charge in [-0.2, -0.15) is 0 Å². The summed E-state index contributed by atoms with van der Waals surface area (Å²) in [6, 6.07) is 4.02. The number of pyridine rings is 1. The van der Waals surface area contributed by atoms with E-state index in [1.165, 1.54) is 5.56 Å². The first-order valence-electron chi connectivity index (χ1n) is 5.34. The molecule has 14 heavy (non-hydrogen) atoms. The number of hydrogen-bond acceptors (Lipinski definition) is 2. The third kappa shape index (κ3) is 3.29. The fourth-order valence-electron chi connectivity index (χ4n) is 1.16. The summed E-state index contributed by atoms with van der Waals surface area (Å²) in [6.07, 6.45) is 2.75. The van der Waals surface area contributed by atoms with Crippen LogP contribution in [0.5, 0.6) is 0 Å². The quantitative estimate of drug-likeness (QED) is 0.614. The first kappa shape index (κ1) is 12.8. The standard InChI is InChI=1S/C8H8N2.2C2H6/c1-6-5-7-3-2-4-9-8(7)10-6;2*1-2/h2-4H,5H2,1H3;2*1-2H3. The highest BCUT2D eigenvalue weighted by atomic mass is 14.9. The number of fused-ring (bicyclic) bond motifs is 1. The van der Waals surface area contributed by atoms with Crippen LogP contribution in [0.2, 0.25) is 0 Å². The summed E-state index contributed by atoms with van der Waals surface area (Å²) in [4.78, 5) is 8.38. The molecule has 2 heteroatoms. The fourth-order valence-corrected chi connectivity index (χ4v) is 1.16. The lowest BCUT2D eigenvalue weighted by Crippen LogP contribution is -1.87. The molecule has 1 aliphatic rings. The molecule has 0 amide bonds. The highest BCUT2D eigenvalue weighted by Crippen LogP contribution is 2.22. The zero-order chi connectivity index (χ0) is 11.0. The van der Waals surface area contributed by atoms with Crippen LogP contribution in [0.15, 0.2) is 23.3 Å². The molecule has 0 saturated carbocycles. The van der Waals surface area contributed by atoms with Crippen molar-refractivity contribution in [3.05, 3.63) is 23.9 Å². The minimum Gasteiger partial charge on any atom is -0.238 e. The van der Waals surface area contributed by atoms with Crippen LogP contribution in [0.1, 0.15) is 40.2 Å². The zero-order valence-corrected chi connectivity index (χ0v) is 9.83. The van der Waals surface area contributed by atoms with Gasteiger partial charge >= 0.3 is 0 Å². The zero-order valence-electron chi connectivity index (χ0n) is 9.83. The highest BCUT2D eigenvalue weighted by Gasteiger charge is 2.09. The summed E-state index contributed by atoms with van der Waals surface area (Å²) >= 11 is 0. The van der Waals surface area contributed by atoms with Gasteiger partial charge < -0.3 is 0 Å². The molecule has 2 rings (SSSR count). The van der Waals surface area contributed by atoms with Crippen molar-refractivity contribution in [2.45, 2.75) is 41.0 Å². The van der Waals surface area contributed by atoms with Crippen LogP contribution in [-0.4, -0.2) is 10.7 Å². The van der Waals surface area contributed by atoms with E-state index in [0.717, 1.165) is 18.0 Å². The van der Waals surface area contributed by atoms with Crippen LogP contribution in [0.25, 0.3) is 0 Å². The van der Waals surface area contributed by atoms with Crippen molar-refractivity contribution >= 4 is 11.5 Å². The molecule has 78 valence electrons. The van der Waals surface area contributed by atoms with Gasteiger partial charge in [-0.25, -0.2) is 9.98 Å². The third-order valence-corrected chi connectivity index (χ3v) is 1.61. The Labute approximate surface area is 87.1 Å². The summed E-state index contributed by atoms with van der Waals surface area (Å²) in [5.41, 5.74) is 2.41. The van der Waals surface area contributed by atoms with E-state index < -0.39 is 0 Å². The summed E-state index contributed by atoms with van der Waals surface area (Å²) in [6.45, 7) is 10.0. The first-order chi connectivity index (χ1) is 6.86. The molecule has 0 saturated heterocycles. The predicted molar refractivity (Wildman–Crippen MR) is 63.4 cm³/mol. The number of hydrogen-bond donors (Lipinski definition) is 0. The molecule has 1 aliphatic heterocycles.